The SMILES string of the molecule is CC/N=C/N(C)I. The molecule has 0 aromatic rings. The first-order valence-corrected chi connectivity index (χ1v) is 3.12. The molecule has 0 saturated carbocycles. The fourth-order valence-electron chi connectivity index (χ4n) is 0.194. The second-order valence-corrected chi connectivity index (χ2v) is 2.66. The minimum absolute atomic E-state index is 0.868. The van der Waals surface area contributed by atoms with Gasteiger partial charge in [-0.25, -0.2) is 0 Å². The summed E-state index contributed by atoms with van der Waals surface area (Å²) in [5.74, 6) is 0. The molecule has 0 saturated heterocycles. The Morgan fingerprint density at radius 3 is 2.57 bits per heavy atom. The third kappa shape index (κ3) is 6.20. The average molecular weight is 212 g/mol. The summed E-state index contributed by atoms with van der Waals surface area (Å²) < 4.78 is 1.89. The molecule has 0 N–H and O–H groups in total. The molecule has 0 fully saturated rings. The summed E-state index contributed by atoms with van der Waals surface area (Å²) in [4.78, 5) is 3.96. The van der Waals surface area contributed by atoms with Crippen LogP contribution in [-0.4, -0.2) is 23.0 Å². The highest BCUT2D eigenvalue weighted by Gasteiger charge is 1.73. The van der Waals surface area contributed by atoms with Crippen molar-refractivity contribution in [2.75, 3.05) is 13.6 Å². The van der Waals surface area contributed by atoms with Gasteiger partial charge in [-0.1, -0.05) is 0 Å². The Bertz CT molecular complexity index is 60.7. The highest BCUT2D eigenvalue weighted by atomic mass is 127. The molecule has 0 rings (SSSR count). The van der Waals surface area contributed by atoms with Crippen molar-refractivity contribution in [2.45, 2.75) is 6.92 Å². The zero-order chi connectivity index (χ0) is 5.70. The highest BCUT2D eigenvalue weighted by Crippen LogP contribution is 1.84. The lowest BCUT2D eigenvalue weighted by molar-refractivity contribution is 0.919. The smallest absolute Gasteiger partial charge is 0.0934 e. The van der Waals surface area contributed by atoms with Gasteiger partial charge in [0.15, 0.2) is 0 Å². The van der Waals surface area contributed by atoms with E-state index in [0.29, 0.717) is 0 Å². The van der Waals surface area contributed by atoms with Crippen LogP contribution in [0.5, 0.6) is 0 Å². The van der Waals surface area contributed by atoms with E-state index in [1.54, 1.807) is 6.34 Å². The van der Waals surface area contributed by atoms with Crippen molar-refractivity contribution in [3.05, 3.63) is 0 Å². The van der Waals surface area contributed by atoms with Crippen molar-refractivity contribution in [3.8, 4) is 0 Å². The van der Waals surface area contributed by atoms with Gasteiger partial charge in [0.2, 0.25) is 0 Å². The van der Waals surface area contributed by atoms with Gasteiger partial charge in [0.05, 0.1) is 29.2 Å². The van der Waals surface area contributed by atoms with Gasteiger partial charge in [0.25, 0.3) is 0 Å². The largest absolute Gasteiger partial charge is 0.309 e. The summed E-state index contributed by atoms with van der Waals surface area (Å²) in [6.45, 7) is 2.88. The first kappa shape index (κ1) is 7.20. The average Bonchev–Trinajstić information content (AvgIpc) is 1.61. The summed E-state index contributed by atoms with van der Waals surface area (Å²) in [5, 5.41) is 0. The third-order valence-corrected chi connectivity index (χ3v) is 0.672. The zero-order valence-electron chi connectivity index (χ0n) is 4.56. The molecule has 0 heterocycles. The van der Waals surface area contributed by atoms with Gasteiger partial charge in [-0.3, -0.25) is 4.99 Å². The van der Waals surface area contributed by atoms with Crippen molar-refractivity contribution >= 4 is 29.2 Å². The maximum Gasteiger partial charge on any atom is 0.0934 e. The minimum atomic E-state index is 0.868. The lowest BCUT2D eigenvalue weighted by atomic mass is 10.8. The summed E-state index contributed by atoms with van der Waals surface area (Å²) in [7, 11) is 1.94. The van der Waals surface area contributed by atoms with E-state index in [-0.39, 0.29) is 0 Å². The van der Waals surface area contributed by atoms with Crippen molar-refractivity contribution in [2.24, 2.45) is 4.99 Å². The van der Waals surface area contributed by atoms with Crippen molar-refractivity contribution in [1.82, 2.24) is 3.11 Å². The van der Waals surface area contributed by atoms with Crippen molar-refractivity contribution < 1.29 is 0 Å². The van der Waals surface area contributed by atoms with Crippen LogP contribution in [0.4, 0.5) is 0 Å². The van der Waals surface area contributed by atoms with Crippen LogP contribution in [-0.2, 0) is 0 Å². The first-order chi connectivity index (χ1) is 3.27. The zero-order valence-corrected chi connectivity index (χ0v) is 6.71. The molecule has 0 atom stereocenters. The Kier molecular flexibility index (Phi) is 4.49. The van der Waals surface area contributed by atoms with Crippen LogP contribution in [0.1, 0.15) is 6.92 Å². The van der Waals surface area contributed by atoms with E-state index in [0.717, 1.165) is 6.54 Å². The molecule has 0 radical (unpaired) electrons. The fourth-order valence-corrected chi connectivity index (χ4v) is 0.370. The van der Waals surface area contributed by atoms with Crippen LogP contribution in [0.2, 0.25) is 0 Å². The van der Waals surface area contributed by atoms with Gasteiger partial charge >= 0.3 is 0 Å². The molecular formula is C4H9IN2. The topological polar surface area (TPSA) is 15.6 Å². The number of aliphatic imine (C=N–C) groups is 1. The van der Waals surface area contributed by atoms with Crippen LogP contribution >= 0.6 is 22.9 Å². The Morgan fingerprint density at radius 2 is 2.43 bits per heavy atom. The van der Waals surface area contributed by atoms with Crippen LogP contribution in [0.3, 0.4) is 0 Å². The maximum atomic E-state index is 3.96. The Labute approximate surface area is 58.1 Å². The second kappa shape index (κ2) is 4.36. The standard InChI is InChI=1S/C4H9IN2/c1-3-6-4-7(2)5/h4H,3H2,1-2H3/b6-4+. The van der Waals surface area contributed by atoms with Gasteiger partial charge in [0.1, 0.15) is 0 Å². The van der Waals surface area contributed by atoms with Gasteiger partial charge in [-0.05, 0) is 6.92 Å². The normalized spacial score (nSPS) is 10.1. The number of hydrogen-bond acceptors (Lipinski definition) is 1. The van der Waals surface area contributed by atoms with Crippen molar-refractivity contribution in [3.63, 3.8) is 0 Å². The molecule has 0 unspecified atom stereocenters. The fraction of sp³-hybridized carbons (Fsp3) is 0.750. The predicted molar refractivity (Wildman–Crippen MR) is 40.8 cm³/mol. The van der Waals surface area contributed by atoms with E-state index in [4.69, 9.17) is 0 Å². The molecule has 0 aromatic heterocycles. The molecule has 0 amide bonds. The van der Waals surface area contributed by atoms with E-state index < -0.39 is 0 Å². The first-order valence-electron chi connectivity index (χ1n) is 2.16. The number of rotatable bonds is 2. The number of hydrogen-bond donors (Lipinski definition) is 0. The highest BCUT2D eigenvalue weighted by molar-refractivity contribution is 14.1. The number of nitrogens with zero attached hydrogens (tertiary/aromatic N) is 2. The van der Waals surface area contributed by atoms with E-state index in [9.17, 15) is 0 Å². The monoisotopic (exact) mass is 212 g/mol. The molecule has 3 heteroatoms. The van der Waals surface area contributed by atoms with E-state index in [1.165, 1.54) is 0 Å². The Morgan fingerprint density at radius 1 is 1.86 bits per heavy atom. The van der Waals surface area contributed by atoms with Crippen LogP contribution in [0.25, 0.3) is 0 Å². The molecule has 0 aliphatic rings. The molecule has 2 nitrogen and oxygen atoms in total. The van der Waals surface area contributed by atoms with Gasteiger partial charge in [-0.15, -0.1) is 0 Å². The summed E-state index contributed by atoms with van der Waals surface area (Å²) in [5.41, 5.74) is 0. The molecule has 0 aliphatic carbocycles. The summed E-state index contributed by atoms with van der Waals surface area (Å²) in [6, 6.07) is 0. The molecule has 42 valence electrons. The molecular weight excluding hydrogens is 203 g/mol. The van der Waals surface area contributed by atoms with Crippen LogP contribution < -0.4 is 0 Å². The quantitative estimate of drug-likeness (QED) is 0.291. The molecule has 0 bridgehead atoms. The van der Waals surface area contributed by atoms with Crippen LogP contribution in [0.15, 0.2) is 4.99 Å². The molecule has 0 aromatic carbocycles. The molecule has 0 aliphatic heterocycles. The Hall–Kier alpha value is 0.200. The predicted octanol–water partition coefficient (Wildman–Crippen LogP) is 1.32. The molecule has 0 spiro atoms. The van der Waals surface area contributed by atoms with E-state index in [2.05, 4.69) is 27.9 Å². The maximum absolute atomic E-state index is 3.96. The minimum Gasteiger partial charge on any atom is -0.309 e. The van der Waals surface area contributed by atoms with Gasteiger partial charge in [0, 0.05) is 13.6 Å². The lowest BCUT2D eigenvalue weighted by Crippen LogP contribution is -1.98. The summed E-state index contributed by atoms with van der Waals surface area (Å²) in [6.07, 6.45) is 1.79. The van der Waals surface area contributed by atoms with E-state index in [1.807, 2.05) is 17.1 Å². The van der Waals surface area contributed by atoms with Crippen LogP contribution in [0, 0.1) is 0 Å². The second-order valence-electron chi connectivity index (χ2n) is 1.14. The Balaban J connectivity index is 3.08. The number of halogens is 1. The third-order valence-electron chi connectivity index (χ3n) is 0.423. The van der Waals surface area contributed by atoms with Gasteiger partial charge < -0.3 is 3.11 Å². The summed E-state index contributed by atoms with van der Waals surface area (Å²) >= 11 is 2.15. The lowest BCUT2D eigenvalue weighted by Gasteiger charge is -1.96. The van der Waals surface area contributed by atoms with E-state index >= 15 is 0 Å². The van der Waals surface area contributed by atoms with Crippen molar-refractivity contribution in [1.29, 1.82) is 0 Å². The molecule has 7 heavy (non-hydrogen) atoms. The van der Waals surface area contributed by atoms with Gasteiger partial charge in [-0.2, -0.15) is 0 Å².